The van der Waals surface area contributed by atoms with Gasteiger partial charge in [-0.05, 0) is 20.8 Å². The first-order valence-electron chi connectivity index (χ1n) is 6.41. The van der Waals surface area contributed by atoms with Crippen molar-refractivity contribution in [2.45, 2.75) is 34.6 Å². The Balaban J connectivity index is 3.30. The molecule has 0 fully saturated rings. The maximum Gasteiger partial charge on any atom is 0.344 e. The molecule has 20 heavy (non-hydrogen) atoms. The molecule has 0 aliphatic heterocycles. The number of aryl methyl sites for hydroxylation is 1. The number of Topliss-reactive ketones (excluding diaryl/α,β-unsaturated/α-hetero) is 1. The second-order valence-electron chi connectivity index (χ2n) is 4.66. The van der Waals surface area contributed by atoms with Crippen LogP contribution in [0.2, 0.25) is 0 Å². The Labute approximate surface area is 117 Å². The zero-order valence-electron chi connectivity index (χ0n) is 12.3. The van der Waals surface area contributed by atoms with E-state index in [1.165, 1.54) is 6.92 Å². The molecule has 1 N–H and O–H groups in total. The minimum atomic E-state index is -0.686. The predicted octanol–water partition coefficient (Wildman–Crippen LogP) is 2.56. The SMILES string of the molecule is CCOC(=O)c1c(NC(=O)C(C)C)oc(C)c1C(C)=O. The number of amides is 1. The number of rotatable bonds is 5. The van der Waals surface area contributed by atoms with E-state index in [1.807, 2.05) is 0 Å². The molecule has 1 aromatic heterocycles. The highest BCUT2D eigenvalue weighted by atomic mass is 16.5. The molecule has 6 nitrogen and oxygen atoms in total. The van der Waals surface area contributed by atoms with Gasteiger partial charge in [-0.2, -0.15) is 0 Å². The zero-order valence-corrected chi connectivity index (χ0v) is 12.3. The Bertz CT molecular complexity index is 542. The van der Waals surface area contributed by atoms with Crippen LogP contribution in [0.3, 0.4) is 0 Å². The fraction of sp³-hybridized carbons (Fsp3) is 0.500. The van der Waals surface area contributed by atoms with Crippen LogP contribution < -0.4 is 5.32 Å². The minimum Gasteiger partial charge on any atom is -0.462 e. The van der Waals surface area contributed by atoms with Gasteiger partial charge in [-0.1, -0.05) is 13.8 Å². The quantitative estimate of drug-likeness (QED) is 0.662. The predicted molar refractivity (Wildman–Crippen MR) is 72.9 cm³/mol. The van der Waals surface area contributed by atoms with E-state index >= 15 is 0 Å². The van der Waals surface area contributed by atoms with Gasteiger partial charge in [0.1, 0.15) is 11.3 Å². The zero-order chi connectivity index (χ0) is 15.4. The molecule has 1 aromatic rings. The number of anilines is 1. The summed E-state index contributed by atoms with van der Waals surface area (Å²) in [6, 6.07) is 0. The van der Waals surface area contributed by atoms with Gasteiger partial charge in [-0.3, -0.25) is 14.9 Å². The van der Waals surface area contributed by atoms with E-state index in [9.17, 15) is 14.4 Å². The van der Waals surface area contributed by atoms with Crippen LogP contribution in [0.25, 0.3) is 0 Å². The van der Waals surface area contributed by atoms with Crippen LogP contribution in [-0.2, 0) is 9.53 Å². The van der Waals surface area contributed by atoms with Crippen LogP contribution >= 0.6 is 0 Å². The summed E-state index contributed by atoms with van der Waals surface area (Å²) in [7, 11) is 0. The second kappa shape index (κ2) is 6.36. The van der Waals surface area contributed by atoms with Crippen molar-refractivity contribution in [2.75, 3.05) is 11.9 Å². The Morgan fingerprint density at radius 3 is 2.30 bits per heavy atom. The molecular formula is C14H19NO5. The first-order chi connectivity index (χ1) is 9.29. The average Bonchev–Trinajstić information content (AvgIpc) is 2.65. The number of nitrogens with one attached hydrogen (secondary N) is 1. The first kappa shape index (κ1) is 15.9. The summed E-state index contributed by atoms with van der Waals surface area (Å²) >= 11 is 0. The van der Waals surface area contributed by atoms with E-state index in [4.69, 9.17) is 9.15 Å². The fourth-order valence-electron chi connectivity index (χ4n) is 1.71. The van der Waals surface area contributed by atoms with E-state index in [0.717, 1.165) is 0 Å². The van der Waals surface area contributed by atoms with Crippen LogP contribution in [0.4, 0.5) is 5.88 Å². The molecule has 0 aromatic carbocycles. The third-order valence-corrected chi connectivity index (χ3v) is 2.68. The molecule has 0 unspecified atom stereocenters. The molecule has 1 heterocycles. The van der Waals surface area contributed by atoms with Crippen molar-refractivity contribution >= 4 is 23.5 Å². The van der Waals surface area contributed by atoms with E-state index < -0.39 is 5.97 Å². The third kappa shape index (κ3) is 3.26. The maximum atomic E-state index is 12.0. The van der Waals surface area contributed by atoms with Crippen molar-refractivity contribution < 1.29 is 23.5 Å². The topological polar surface area (TPSA) is 85.6 Å². The van der Waals surface area contributed by atoms with E-state index in [1.54, 1.807) is 27.7 Å². The van der Waals surface area contributed by atoms with Gasteiger partial charge in [-0.25, -0.2) is 4.79 Å². The largest absolute Gasteiger partial charge is 0.462 e. The summed E-state index contributed by atoms with van der Waals surface area (Å²) < 4.78 is 10.3. The highest BCUT2D eigenvalue weighted by molar-refractivity contribution is 6.10. The van der Waals surface area contributed by atoms with Gasteiger partial charge in [0.05, 0.1) is 12.2 Å². The summed E-state index contributed by atoms with van der Waals surface area (Å²) in [6.45, 7) is 8.13. The Kier molecular flexibility index (Phi) is 5.07. The number of carbonyl (C=O) groups excluding carboxylic acids is 3. The van der Waals surface area contributed by atoms with Gasteiger partial charge in [0.25, 0.3) is 0 Å². The molecular weight excluding hydrogens is 262 g/mol. The highest BCUT2D eigenvalue weighted by Crippen LogP contribution is 2.28. The molecule has 0 atom stereocenters. The maximum absolute atomic E-state index is 12.0. The molecule has 110 valence electrons. The molecule has 0 aliphatic rings. The van der Waals surface area contributed by atoms with Crippen LogP contribution in [0.15, 0.2) is 4.42 Å². The lowest BCUT2D eigenvalue weighted by Gasteiger charge is -2.07. The van der Waals surface area contributed by atoms with Crippen molar-refractivity contribution in [2.24, 2.45) is 5.92 Å². The van der Waals surface area contributed by atoms with Crippen molar-refractivity contribution in [3.63, 3.8) is 0 Å². The number of ether oxygens (including phenoxy) is 1. The number of hydrogen-bond donors (Lipinski definition) is 1. The van der Waals surface area contributed by atoms with E-state index in [2.05, 4.69) is 5.32 Å². The average molecular weight is 281 g/mol. The Morgan fingerprint density at radius 2 is 1.85 bits per heavy atom. The summed E-state index contributed by atoms with van der Waals surface area (Å²) in [5, 5.41) is 2.51. The van der Waals surface area contributed by atoms with Crippen LogP contribution in [0.5, 0.6) is 0 Å². The van der Waals surface area contributed by atoms with Crippen molar-refractivity contribution in [3.8, 4) is 0 Å². The monoisotopic (exact) mass is 281 g/mol. The highest BCUT2D eigenvalue weighted by Gasteiger charge is 2.28. The molecule has 1 rings (SSSR count). The van der Waals surface area contributed by atoms with Gasteiger partial charge in [-0.15, -0.1) is 0 Å². The number of ketones is 1. The van der Waals surface area contributed by atoms with E-state index in [-0.39, 0.29) is 47.0 Å². The Morgan fingerprint density at radius 1 is 1.25 bits per heavy atom. The summed E-state index contributed by atoms with van der Waals surface area (Å²) in [5.74, 6) is -1.35. The van der Waals surface area contributed by atoms with E-state index in [0.29, 0.717) is 0 Å². The van der Waals surface area contributed by atoms with Crippen LogP contribution in [0.1, 0.15) is 54.2 Å². The third-order valence-electron chi connectivity index (χ3n) is 2.68. The molecule has 0 spiro atoms. The van der Waals surface area contributed by atoms with Gasteiger partial charge in [0.2, 0.25) is 11.8 Å². The molecule has 1 amide bonds. The molecule has 0 aliphatic carbocycles. The van der Waals surface area contributed by atoms with Crippen molar-refractivity contribution in [3.05, 3.63) is 16.9 Å². The Hall–Kier alpha value is -2.11. The summed E-state index contributed by atoms with van der Waals surface area (Å²) in [4.78, 5) is 35.3. The summed E-state index contributed by atoms with van der Waals surface area (Å²) in [6.07, 6.45) is 0. The van der Waals surface area contributed by atoms with Gasteiger partial charge >= 0.3 is 5.97 Å². The lowest BCUT2D eigenvalue weighted by atomic mass is 10.1. The number of furan rings is 1. The lowest BCUT2D eigenvalue weighted by Crippen LogP contribution is -2.20. The van der Waals surface area contributed by atoms with Gasteiger partial charge < -0.3 is 9.15 Å². The molecule has 0 bridgehead atoms. The number of esters is 1. The van der Waals surface area contributed by atoms with Crippen LogP contribution in [0, 0.1) is 12.8 Å². The molecule has 6 heteroatoms. The van der Waals surface area contributed by atoms with Gasteiger partial charge in [0.15, 0.2) is 5.78 Å². The number of hydrogen-bond acceptors (Lipinski definition) is 5. The van der Waals surface area contributed by atoms with Gasteiger partial charge in [0, 0.05) is 5.92 Å². The molecule has 0 saturated heterocycles. The second-order valence-corrected chi connectivity index (χ2v) is 4.66. The molecule has 0 radical (unpaired) electrons. The molecule has 0 saturated carbocycles. The van der Waals surface area contributed by atoms with Crippen molar-refractivity contribution in [1.29, 1.82) is 0 Å². The number of carbonyl (C=O) groups is 3. The lowest BCUT2D eigenvalue weighted by molar-refractivity contribution is -0.119. The normalized spacial score (nSPS) is 10.5. The first-order valence-corrected chi connectivity index (χ1v) is 6.41. The van der Waals surface area contributed by atoms with Crippen LogP contribution in [-0.4, -0.2) is 24.3 Å². The minimum absolute atomic E-state index is 0.0224. The standard InChI is InChI=1S/C14H19NO5/c1-6-19-14(18)11-10(8(4)16)9(5)20-13(11)15-12(17)7(2)3/h7H,6H2,1-5H3,(H,15,17). The fourth-order valence-corrected chi connectivity index (χ4v) is 1.71. The smallest absolute Gasteiger partial charge is 0.344 e. The summed E-state index contributed by atoms with van der Waals surface area (Å²) in [5.41, 5.74) is 0.119. The van der Waals surface area contributed by atoms with Crippen molar-refractivity contribution in [1.82, 2.24) is 0 Å².